The van der Waals surface area contributed by atoms with E-state index >= 15 is 0 Å². The van der Waals surface area contributed by atoms with Gasteiger partial charge in [-0.15, -0.1) is 0 Å². The summed E-state index contributed by atoms with van der Waals surface area (Å²) in [6.45, 7) is 5.59. The highest BCUT2D eigenvalue weighted by molar-refractivity contribution is 7.53. The summed E-state index contributed by atoms with van der Waals surface area (Å²) in [6.07, 6.45) is 4.44. The molecule has 0 saturated carbocycles. The first-order chi connectivity index (χ1) is 8.68. The van der Waals surface area contributed by atoms with Crippen molar-refractivity contribution in [2.45, 2.75) is 39.5 Å². The second-order valence-electron chi connectivity index (χ2n) is 3.90. The highest BCUT2D eigenvalue weighted by atomic mass is 31.2. The highest BCUT2D eigenvalue weighted by Crippen LogP contribution is 2.48. The van der Waals surface area contributed by atoms with E-state index in [4.69, 9.17) is 18.5 Å². The Morgan fingerprint density at radius 1 is 0.944 bits per heavy atom. The number of unbranched alkanes of at least 4 members (excludes halogenated alkanes) is 3. The number of rotatable bonds is 13. The fraction of sp³-hybridized carbons (Fsp3) is 1.00. The van der Waals surface area contributed by atoms with E-state index in [-0.39, 0.29) is 0 Å². The Labute approximate surface area is 111 Å². The zero-order valence-corrected chi connectivity index (χ0v) is 12.7. The van der Waals surface area contributed by atoms with Crippen LogP contribution in [0.25, 0.3) is 0 Å². The van der Waals surface area contributed by atoms with Crippen molar-refractivity contribution >= 4 is 7.60 Å². The molecule has 0 radical (unpaired) electrons. The number of hydrogen-bond acceptors (Lipinski definition) is 5. The van der Waals surface area contributed by atoms with E-state index in [9.17, 15) is 4.57 Å². The molecule has 0 unspecified atom stereocenters. The lowest BCUT2D eigenvalue weighted by Crippen LogP contribution is -2.01. The number of methoxy groups -OCH3 is 1. The van der Waals surface area contributed by atoms with Gasteiger partial charge in [0.25, 0.3) is 0 Å². The second-order valence-corrected chi connectivity index (χ2v) is 6.08. The van der Waals surface area contributed by atoms with Gasteiger partial charge in [-0.2, -0.15) is 0 Å². The Kier molecular flexibility index (Phi) is 12.2. The molecule has 0 heterocycles. The van der Waals surface area contributed by atoms with Gasteiger partial charge in [0.2, 0.25) is 0 Å². The van der Waals surface area contributed by atoms with Crippen LogP contribution in [0.5, 0.6) is 0 Å². The first-order valence-electron chi connectivity index (χ1n) is 6.63. The van der Waals surface area contributed by atoms with Crippen molar-refractivity contribution < 1.29 is 23.1 Å². The smallest absolute Gasteiger partial charge is 0.330 e. The molecule has 6 heteroatoms. The van der Waals surface area contributed by atoms with Gasteiger partial charge in [-0.1, -0.05) is 12.8 Å². The first-order valence-corrected chi connectivity index (χ1v) is 8.36. The van der Waals surface area contributed by atoms with Crippen molar-refractivity contribution in [1.29, 1.82) is 0 Å². The van der Waals surface area contributed by atoms with Gasteiger partial charge >= 0.3 is 7.60 Å². The van der Waals surface area contributed by atoms with Crippen LogP contribution in [0.2, 0.25) is 0 Å². The number of hydrogen-bond donors (Lipinski definition) is 0. The molecule has 0 aromatic rings. The van der Waals surface area contributed by atoms with Gasteiger partial charge < -0.3 is 18.5 Å². The SMILES string of the molecule is CCOP(=O)(CCCCCCOCOC)OCC. The molecule has 0 N–H and O–H groups in total. The second kappa shape index (κ2) is 12.1. The summed E-state index contributed by atoms with van der Waals surface area (Å²) in [6, 6.07) is 0. The van der Waals surface area contributed by atoms with E-state index in [1.54, 1.807) is 7.11 Å². The van der Waals surface area contributed by atoms with E-state index in [1.165, 1.54) is 0 Å². The average molecular weight is 282 g/mol. The Balaban J connectivity index is 3.52. The molecule has 0 aliphatic carbocycles. The maximum Gasteiger partial charge on any atom is 0.330 e. The fourth-order valence-corrected chi connectivity index (χ4v) is 3.30. The standard InChI is InChI=1S/C12H27O5P/c1-4-16-18(13,17-5-2)11-9-7-6-8-10-15-12-14-3/h4-12H2,1-3H3. The predicted molar refractivity (Wildman–Crippen MR) is 72.0 cm³/mol. The van der Waals surface area contributed by atoms with Gasteiger partial charge in [-0.05, 0) is 26.7 Å². The van der Waals surface area contributed by atoms with Gasteiger partial charge in [-0.3, -0.25) is 4.57 Å². The lowest BCUT2D eigenvalue weighted by molar-refractivity contribution is -0.0315. The van der Waals surface area contributed by atoms with Crippen LogP contribution in [0.4, 0.5) is 0 Å². The van der Waals surface area contributed by atoms with Crippen LogP contribution in [0.15, 0.2) is 0 Å². The maximum atomic E-state index is 12.1. The summed E-state index contributed by atoms with van der Waals surface area (Å²) < 4.78 is 32.5. The van der Waals surface area contributed by atoms with E-state index < -0.39 is 7.60 Å². The van der Waals surface area contributed by atoms with Crippen molar-refractivity contribution in [2.24, 2.45) is 0 Å². The van der Waals surface area contributed by atoms with E-state index in [1.807, 2.05) is 13.8 Å². The molecule has 5 nitrogen and oxygen atoms in total. The van der Waals surface area contributed by atoms with Gasteiger partial charge in [0.05, 0.1) is 19.4 Å². The molecule has 0 aromatic heterocycles. The molecule has 110 valence electrons. The fourth-order valence-electron chi connectivity index (χ4n) is 1.57. The van der Waals surface area contributed by atoms with Gasteiger partial charge in [0.15, 0.2) is 0 Å². The van der Waals surface area contributed by atoms with Crippen molar-refractivity contribution in [3.8, 4) is 0 Å². The summed E-state index contributed by atoms with van der Waals surface area (Å²) in [4.78, 5) is 0. The lowest BCUT2D eigenvalue weighted by atomic mass is 10.2. The van der Waals surface area contributed by atoms with Crippen molar-refractivity contribution in [2.75, 3.05) is 39.9 Å². The summed E-state index contributed by atoms with van der Waals surface area (Å²) in [7, 11) is -1.23. The molecule has 18 heavy (non-hydrogen) atoms. The molecule has 0 aliphatic heterocycles. The molecular weight excluding hydrogens is 255 g/mol. The van der Waals surface area contributed by atoms with E-state index in [2.05, 4.69) is 0 Å². The normalized spacial score (nSPS) is 11.9. The van der Waals surface area contributed by atoms with Gasteiger partial charge in [0.1, 0.15) is 6.79 Å². The molecule has 0 aromatic carbocycles. The zero-order valence-electron chi connectivity index (χ0n) is 11.9. The minimum atomic E-state index is -2.84. The van der Waals surface area contributed by atoms with Crippen molar-refractivity contribution in [3.63, 3.8) is 0 Å². The van der Waals surface area contributed by atoms with Crippen molar-refractivity contribution in [3.05, 3.63) is 0 Å². The minimum Gasteiger partial charge on any atom is -0.359 e. The molecule has 0 spiro atoms. The van der Waals surface area contributed by atoms with Gasteiger partial charge in [-0.25, -0.2) is 0 Å². The molecule has 0 rings (SSSR count). The Hall–Kier alpha value is 0.0700. The number of ether oxygens (including phenoxy) is 2. The van der Waals surface area contributed by atoms with Crippen molar-refractivity contribution in [1.82, 2.24) is 0 Å². The summed E-state index contributed by atoms with van der Waals surface area (Å²) in [5.41, 5.74) is 0. The molecule has 0 saturated heterocycles. The van der Waals surface area contributed by atoms with Crippen LogP contribution >= 0.6 is 7.60 Å². The maximum absolute atomic E-state index is 12.1. The largest absolute Gasteiger partial charge is 0.359 e. The van der Waals surface area contributed by atoms with Gasteiger partial charge in [0, 0.05) is 13.7 Å². The van der Waals surface area contributed by atoms with Crippen LogP contribution in [-0.2, 0) is 23.1 Å². The Morgan fingerprint density at radius 2 is 1.56 bits per heavy atom. The molecule has 0 bridgehead atoms. The summed E-state index contributed by atoms with van der Waals surface area (Å²) in [5.74, 6) is 0. The quantitative estimate of drug-likeness (QED) is 0.294. The lowest BCUT2D eigenvalue weighted by Gasteiger charge is -2.16. The summed E-state index contributed by atoms with van der Waals surface area (Å²) >= 11 is 0. The third kappa shape index (κ3) is 10.0. The zero-order chi connectivity index (χ0) is 13.7. The van der Waals surface area contributed by atoms with Crippen LogP contribution < -0.4 is 0 Å². The monoisotopic (exact) mass is 282 g/mol. The molecule has 0 atom stereocenters. The molecular formula is C12H27O5P. The Bertz CT molecular complexity index is 213. The highest BCUT2D eigenvalue weighted by Gasteiger charge is 2.22. The van der Waals surface area contributed by atoms with E-state index in [0.717, 1.165) is 25.7 Å². The third-order valence-corrected chi connectivity index (χ3v) is 4.49. The van der Waals surface area contributed by atoms with E-state index in [0.29, 0.717) is 32.8 Å². The molecule has 0 amide bonds. The topological polar surface area (TPSA) is 54.0 Å². The molecule has 0 aliphatic rings. The third-order valence-electron chi connectivity index (χ3n) is 2.32. The molecule has 0 fully saturated rings. The van der Waals surface area contributed by atoms with Crippen LogP contribution in [0.3, 0.4) is 0 Å². The minimum absolute atomic E-state index is 0.351. The van der Waals surface area contributed by atoms with Crippen LogP contribution in [-0.4, -0.2) is 39.9 Å². The average Bonchev–Trinajstić information content (AvgIpc) is 2.33. The van der Waals surface area contributed by atoms with Crippen LogP contribution in [0, 0.1) is 0 Å². The first kappa shape index (κ1) is 18.1. The Morgan fingerprint density at radius 3 is 2.11 bits per heavy atom. The summed E-state index contributed by atoms with van der Waals surface area (Å²) in [5, 5.41) is 0. The predicted octanol–water partition coefficient (Wildman–Crippen LogP) is 3.43. The van der Waals surface area contributed by atoms with Crippen LogP contribution in [0.1, 0.15) is 39.5 Å².